The Morgan fingerprint density at radius 3 is 3.00 bits per heavy atom. The van der Waals surface area contributed by atoms with E-state index in [2.05, 4.69) is 24.9 Å². The van der Waals surface area contributed by atoms with Gasteiger partial charge in [-0.1, -0.05) is 23.8 Å². The summed E-state index contributed by atoms with van der Waals surface area (Å²) in [6.07, 6.45) is 2.59. The predicted molar refractivity (Wildman–Crippen MR) is 65.8 cm³/mol. The van der Waals surface area contributed by atoms with Crippen LogP contribution in [0.1, 0.15) is 18.6 Å². The van der Waals surface area contributed by atoms with Crippen LogP contribution in [0, 0.1) is 0 Å². The fraction of sp³-hybridized carbons (Fsp3) is 0.500. The zero-order chi connectivity index (χ0) is 13.7. The maximum absolute atomic E-state index is 10.6. The van der Waals surface area contributed by atoms with Gasteiger partial charge in [0.25, 0.3) is 0 Å². The number of nitrogens with zero attached hydrogens (tertiary/aromatic N) is 5. The van der Waals surface area contributed by atoms with Gasteiger partial charge in [-0.15, -0.1) is 10.2 Å². The van der Waals surface area contributed by atoms with E-state index in [0.717, 1.165) is 24.0 Å². The molecular formula is C10H13N5O3S. The van der Waals surface area contributed by atoms with Gasteiger partial charge in [-0.3, -0.25) is 4.79 Å². The highest BCUT2D eigenvalue weighted by molar-refractivity contribution is 7.99. The second-order valence-electron chi connectivity index (χ2n) is 3.68. The minimum Gasteiger partial charge on any atom is -0.481 e. The molecule has 0 unspecified atom stereocenters. The third-order valence-electron chi connectivity index (χ3n) is 2.40. The van der Waals surface area contributed by atoms with Crippen LogP contribution >= 0.6 is 11.8 Å². The Bertz CT molecular complexity index is 539. The summed E-state index contributed by atoms with van der Waals surface area (Å²) in [5.41, 5.74) is 0. The first kappa shape index (κ1) is 13.5. The molecule has 0 bridgehead atoms. The minimum absolute atomic E-state index is 0.0376. The smallest absolute Gasteiger partial charge is 0.313 e. The fourth-order valence-corrected chi connectivity index (χ4v) is 2.26. The Balaban J connectivity index is 2.07. The number of hydrogen-bond acceptors (Lipinski definition) is 7. The molecule has 0 saturated carbocycles. The van der Waals surface area contributed by atoms with Crippen molar-refractivity contribution in [3.63, 3.8) is 0 Å². The Hall–Kier alpha value is -1.90. The number of hydrogen-bond donors (Lipinski definition) is 1. The lowest BCUT2D eigenvalue weighted by Crippen LogP contribution is -2.09. The van der Waals surface area contributed by atoms with Crippen LogP contribution in [0.15, 0.2) is 16.1 Å². The largest absolute Gasteiger partial charge is 0.481 e. The van der Waals surface area contributed by atoms with Crippen LogP contribution in [0.2, 0.25) is 0 Å². The van der Waals surface area contributed by atoms with Crippen molar-refractivity contribution in [3.05, 3.63) is 18.0 Å². The summed E-state index contributed by atoms with van der Waals surface area (Å²) < 4.78 is 6.56. The molecule has 0 fully saturated rings. The zero-order valence-electron chi connectivity index (χ0n) is 10.3. The first-order chi connectivity index (χ1) is 9.20. The van der Waals surface area contributed by atoms with E-state index in [9.17, 15) is 4.79 Å². The Morgan fingerprint density at radius 2 is 2.37 bits per heavy atom. The fourth-order valence-electron chi connectivity index (χ4n) is 1.55. The van der Waals surface area contributed by atoms with E-state index in [1.165, 1.54) is 6.39 Å². The molecule has 2 rings (SSSR count). The van der Waals surface area contributed by atoms with Gasteiger partial charge >= 0.3 is 5.97 Å². The van der Waals surface area contributed by atoms with Crippen LogP contribution in [0.25, 0.3) is 0 Å². The highest BCUT2D eigenvalue weighted by Gasteiger charge is 2.13. The van der Waals surface area contributed by atoms with Crippen molar-refractivity contribution in [2.45, 2.75) is 31.5 Å². The van der Waals surface area contributed by atoms with Gasteiger partial charge in [-0.25, -0.2) is 0 Å². The molecule has 0 aromatic carbocycles. The molecule has 0 aliphatic carbocycles. The maximum Gasteiger partial charge on any atom is 0.313 e. The second-order valence-corrected chi connectivity index (χ2v) is 4.63. The summed E-state index contributed by atoms with van der Waals surface area (Å²) in [5, 5.41) is 21.1. The molecular weight excluding hydrogens is 270 g/mol. The molecule has 102 valence electrons. The lowest BCUT2D eigenvalue weighted by molar-refractivity contribution is -0.133. The molecule has 2 aromatic rings. The van der Waals surface area contributed by atoms with Gasteiger partial charge in [0.15, 0.2) is 11.0 Å². The quantitative estimate of drug-likeness (QED) is 0.738. The lowest BCUT2D eigenvalue weighted by atomic mass is 10.4. The summed E-state index contributed by atoms with van der Waals surface area (Å²) in [4.78, 5) is 14.5. The number of carboxylic acid groups (broad SMARTS) is 1. The summed E-state index contributed by atoms with van der Waals surface area (Å²) in [7, 11) is 0. The van der Waals surface area contributed by atoms with E-state index in [0.29, 0.717) is 23.9 Å². The molecule has 0 amide bonds. The molecule has 0 radical (unpaired) electrons. The summed E-state index contributed by atoms with van der Waals surface area (Å²) in [5.74, 6) is 0.501. The van der Waals surface area contributed by atoms with Crippen LogP contribution in [0.3, 0.4) is 0 Å². The van der Waals surface area contributed by atoms with Crippen molar-refractivity contribution in [1.29, 1.82) is 0 Å². The molecule has 19 heavy (non-hydrogen) atoms. The van der Waals surface area contributed by atoms with Gasteiger partial charge in [0, 0.05) is 19.4 Å². The van der Waals surface area contributed by atoms with E-state index in [1.54, 1.807) is 0 Å². The summed E-state index contributed by atoms with van der Waals surface area (Å²) in [6, 6.07) is 0. The zero-order valence-corrected chi connectivity index (χ0v) is 11.1. The van der Waals surface area contributed by atoms with Crippen LogP contribution in [-0.4, -0.2) is 41.7 Å². The van der Waals surface area contributed by atoms with Crippen molar-refractivity contribution >= 4 is 17.7 Å². The Kier molecular flexibility index (Phi) is 4.50. The maximum atomic E-state index is 10.6. The SMILES string of the molecule is CCc1nnc(SCC(=O)O)n1CCc1ncon1. The van der Waals surface area contributed by atoms with Crippen molar-refractivity contribution in [2.24, 2.45) is 0 Å². The van der Waals surface area contributed by atoms with E-state index >= 15 is 0 Å². The number of aliphatic carboxylic acids is 1. The highest BCUT2D eigenvalue weighted by Crippen LogP contribution is 2.17. The second kappa shape index (κ2) is 6.32. The van der Waals surface area contributed by atoms with Gasteiger partial charge in [0.05, 0.1) is 5.75 Å². The van der Waals surface area contributed by atoms with Crippen LogP contribution < -0.4 is 0 Å². The van der Waals surface area contributed by atoms with E-state index in [-0.39, 0.29) is 5.75 Å². The van der Waals surface area contributed by atoms with Crippen LogP contribution in [0.5, 0.6) is 0 Å². The van der Waals surface area contributed by atoms with Gasteiger partial charge in [0.2, 0.25) is 6.39 Å². The average molecular weight is 283 g/mol. The van der Waals surface area contributed by atoms with Crippen molar-refractivity contribution < 1.29 is 14.4 Å². The molecule has 0 spiro atoms. The predicted octanol–water partition coefficient (Wildman–Crippen LogP) is 0.643. The summed E-state index contributed by atoms with van der Waals surface area (Å²) in [6.45, 7) is 2.57. The van der Waals surface area contributed by atoms with Crippen molar-refractivity contribution in [1.82, 2.24) is 24.9 Å². The highest BCUT2D eigenvalue weighted by atomic mass is 32.2. The van der Waals surface area contributed by atoms with E-state index in [4.69, 9.17) is 5.11 Å². The molecule has 2 heterocycles. The number of aryl methyl sites for hydroxylation is 2. The number of aromatic nitrogens is 5. The summed E-state index contributed by atoms with van der Waals surface area (Å²) >= 11 is 1.15. The third kappa shape index (κ3) is 3.53. The Morgan fingerprint density at radius 1 is 1.53 bits per heavy atom. The molecule has 1 N–H and O–H groups in total. The third-order valence-corrected chi connectivity index (χ3v) is 3.35. The molecule has 0 atom stereocenters. The number of thioether (sulfide) groups is 1. The van der Waals surface area contributed by atoms with Gasteiger partial charge in [-0.05, 0) is 0 Å². The van der Waals surface area contributed by atoms with Gasteiger partial charge in [0.1, 0.15) is 5.82 Å². The molecule has 0 aliphatic heterocycles. The van der Waals surface area contributed by atoms with E-state index in [1.807, 2.05) is 11.5 Å². The van der Waals surface area contributed by atoms with Crippen LogP contribution in [0.4, 0.5) is 0 Å². The Labute approximate surface area is 113 Å². The van der Waals surface area contributed by atoms with Gasteiger partial charge in [-0.2, -0.15) is 4.98 Å². The first-order valence-electron chi connectivity index (χ1n) is 5.72. The molecule has 8 nitrogen and oxygen atoms in total. The topological polar surface area (TPSA) is 107 Å². The standard InChI is InChI=1S/C10H13N5O3S/c1-2-8-12-13-10(19-5-9(16)17)15(8)4-3-7-11-6-18-14-7/h6H,2-5H2,1H3,(H,16,17). The molecule has 2 aromatic heterocycles. The normalized spacial score (nSPS) is 10.8. The number of carbonyl (C=O) groups is 1. The van der Waals surface area contributed by atoms with E-state index < -0.39 is 5.97 Å². The van der Waals surface area contributed by atoms with Crippen molar-refractivity contribution in [2.75, 3.05) is 5.75 Å². The number of rotatable bonds is 7. The number of carboxylic acids is 1. The first-order valence-corrected chi connectivity index (χ1v) is 6.71. The molecule has 0 saturated heterocycles. The average Bonchev–Trinajstić information content (AvgIpc) is 3.02. The molecule has 0 aliphatic rings. The minimum atomic E-state index is -0.879. The van der Waals surface area contributed by atoms with Crippen molar-refractivity contribution in [3.8, 4) is 0 Å². The molecule has 9 heteroatoms. The lowest BCUT2D eigenvalue weighted by Gasteiger charge is -2.06. The van der Waals surface area contributed by atoms with Gasteiger partial charge < -0.3 is 14.2 Å². The van der Waals surface area contributed by atoms with Crippen LogP contribution in [-0.2, 0) is 24.2 Å². The monoisotopic (exact) mass is 283 g/mol.